The Labute approximate surface area is 192 Å². The molecule has 9 heteroatoms. The summed E-state index contributed by atoms with van der Waals surface area (Å²) in [4.78, 5) is 45.3. The predicted octanol–water partition coefficient (Wildman–Crippen LogP) is 1.71. The summed E-state index contributed by atoms with van der Waals surface area (Å²) in [5, 5.41) is 7.15. The van der Waals surface area contributed by atoms with Gasteiger partial charge in [-0.25, -0.2) is 0 Å². The minimum Gasteiger partial charge on any atom is -0.350 e. The van der Waals surface area contributed by atoms with Crippen LogP contribution in [-0.4, -0.2) is 62.4 Å². The lowest BCUT2D eigenvalue weighted by Crippen LogP contribution is -2.38. The number of hydrogen-bond donors (Lipinski definition) is 1. The summed E-state index contributed by atoms with van der Waals surface area (Å²) < 4.78 is 1.60. The van der Waals surface area contributed by atoms with E-state index >= 15 is 0 Å². The SMILES string of the molecule is CN(CC(=O)NCc1ccncc1)C(=O)c1cc2n(n1)CCCN(Cc1ccccc1)C2=O. The van der Waals surface area contributed by atoms with Crippen LogP contribution < -0.4 is 5.32 Å². The van der Waals surface area contributed by atoms with E-state index in [1.165, 1.54) is 11.0 Å². The highest BCUT2D eigenvalue weighted by Gasteiger charge is 2.27. The molecule has 2 aromatic heterocycles. The molecule has 1 aliphatic heterocycles. The van der Waals surface area contributed by atoms with E-state index in [4.69, 9.17) is 0 Å². The molecule has 0 spiro atoms. The highest BCUT2D eigenvalue weighted by Crippen LogP contribution is 2.17. The zero-order valence-corrected chi connectivity index (χ0v) is 18.5. The van der Waals surface area contributed by atoms with Crippen LogP contribution in [-0.2, 0) is 24.4 Å². The quantitative estimate of drug-likeness (QED) is 0.596. The maximum atomic E-state index is 13.1. The molecule has 0 bridgehead atoms. The molecule has 0 atom stereocenters. The molecular formula is C24H26N6O3. The van der Waals surface area contributed by atoms with Crippen LogP contribution in [0, 0.1) is 0 Å². The number of aromatic nitrogens is 3. The Balaban J connectivity index is 1.39. The molecule has 1 N–H and O–H groups in total. The van der Waals surface area contributed by atoms with Gasteiger partial charge in [-0.05, 0) is 29.7 Å². The Hall–Kier alpha value is -4.01. The largest absolute Gasteiger partial charge is 0.350 e. The Morgan fingerprint density at radius 2 is 1.82 bits per heavy atom. The third-order valence-electron chi connectivity index (χ3n) is 5.49. The molecule has 9 nitrogen and oxygen atoms in total. The lowest BCUT2D eigenvalue weighted by atomic mass is 10.2. The van der Waals surface area contributed by atoms with Gasteiger partial charge in [-0.3, -0.25) is 24.0 Å². The number of benzene rings is 1. The van der Waals surface area contributed by atoms with Crippen LogP contribution in [0.2, 0.25) is 0 Å². The molecule has 1 aromatic carbocycles. The van der Waals surface area contributed by atoms with Crippen LogP contribution in [0.15, 0.2) is 60.9 Å². The smallest absolute Gasteiger partial charge is 0.274 e. The fraction of sp³-hybridized carbons (Fsp3) is 0.292. The van der Waals surface area contributed by atoms with Crippen molar-refractivity contribution in [3.8, 4) is 0 Å². The van der Waals surface area contributed by atoms with Gasteiger partial charge in [0.25, 0.3) is 11.8 Å². The van der Waals surface area contributed by atoms with Gasteiger partial charge in [0, 0.05) is 51.7 Å². The standard InChI is InChI=1S/C24H26N6O3/c1-28(17-22(31)26-15-18-8-10-25-11-9-18)23(32)20-14-21-24(33)29(12-5-13-30(21)27-20)16-19-6-3-2-4-7-19/h2-4,6-11,14H,5,12-13,15-17H2,1H3,(H,26,31). The van der Waals surface area contributed by atoms with Crippen LogP contribution >= 0.6 is 0 Å². The van der Waals surface area contributed by atoms with Crippen LogP contribution in [0.5, 0.6) is 0 Å². The molecule has 0 saturated carbocycles. The summed E-state index contributed by atoms with van der Waals surface area (Å²) in [7, 11) is 1.54. The summed E-state index contributed by atoms with van der Waals surface area (Å²) in [6.07, 6.45) is 4.05. The second kappa shape index (κ2) is 10.1. The summed E-state index contributed by atoms with van der Waals surface area (Å²) in [6.45, 7) is 1.92. The molecule has 1 aliphatic rings. The first kappa shape index (κ1) is 22.2. The number of nitrogens with one attached hydrogen (secondary N) is 1. The topological polar surface area (TPSA) is 100 Å². The summed E-state index contributed by atoms with van der Waals surface area (Å²) in [6, 6.07) is 15.0. The lowest BCUT2D eigenvalue weighted by Gasteiger charge is -2.20. The van der Waals surface area contributed by atoms with Gasteiger partial charge < -0.3 is 15.1 Å². The Kier molecular flexibility index (Phi) is 6.77. The monoisotopic (exact) mass is 446 g/mol. The molecule has 3 amide bonds. The average molecular weight is 447 g/mol. The minimum atomic E-state index is -0.406. The van der Waals surface area contributed by atoms with Gasteiger partial charge in [-0.1, -0.05) is 30.3 Å². The van der Waals surface area contributed by atoms with Crippen LogP contribution in [0.1, 0.15) is 38.5 Å². The van der Waals surface area contributed by atoms with Crippen molar-refractivity contribution in [2.45, 2.75) is 26.1 Å². The van der Waals surface area contributed by atoms with Gasteiger partial charge in [-0.2, -0.15) is 5.10 Å². The molecule has 0 fully saturated rings. The number of pyridine rings is 1. The fourth-order valence-corrected chi connectivity index (χ4v) is 3.73. The van der Waals surface area contributed by atoms with Crippen molar-refractivity contribution in [1.29, 1.82) is 0 Å². The highest BCUT2D eigenvalue weighted by molar-refractivity contribution is 5.99. The van der Waals surface area contributed by atoms with Crippen molar-refractivity contribution in [3.63, 3.8) is 0 Å². The Bertz CT molecular complexity index is 1130. The van der Waals surface area contributed by atoms with Crippen molar-refractivity contribution in [2.24, 2.45) is 0 Å². The Morgan fingerprint density at radius 3 is 2.58 bits per heavy atom. The molecule has 170 valence electrons. The normalized spacial score (nSPS) is 13.2. The molecule has 0 saturated heterocycles. The highest BCUT2D eigenvalue weighted by atomic mass is 16.2. The van der Waals surface area contributed by atoms with E-state index in [9.17, 15) is 14.4 Å². The third kappa shape index (κ3) is 5.43. The summed E-state index contributed by atoms with van der Waals surface area (Å²) in [5.41, 5.74) is 2.52. The number of aryl methyl sites for hydroxylation is 1. The van der Waals surface area contributed by atoms with Gasteiger partial charge in [0.05, 0.1) is 6.54 Å². The van der Waals surface area contributed by atoms with Gasteiger partial charge in [0.15, 0.2) is 5.69 Å². The van der Waals surface area contributed by atoms with E-state index in [-0.39, 0.29) is 24.1 Å². The first-order valence-corrected chi connectivity index (χ1v) is 10.8. The molecule has 3 heterocycles. The summed E-state index contributed by atoms with van der Waals surface area (Å²) in [5.74, 6) is -0.841. The molecule has 4 rings (SSSR count). The maximum Gasteiger partial charge on any atom is 0.274 e. The second-order valence-electron chi connectivity index (χ2n) is 8.00. The zero-order chi connectivity index (χ0) is 23.2. The molecule has 0 aliphatic carbocycles. The van der Waals surface area contributed by atoms with Crippen LogP contribution in [0.4, 0.5) is 0 Å². The van der Waals surface area contributed by atoms with Gasteiger partial charge in [0.2, 0.25) is 5.91 Å². The first-order valence-electron chi connectivity index (χ1n) is 10.8. The molecular weight excluding hydrogens is 420 g/mol. The van der Waals surface area contributed by atoms with E-state index in [0.29, 0.717) is 31.9 Å². The third-order valence-corrected chi connectivity index (χ3v) is 5.49. The maximum absolute atomic E-state index is 13.1. The van der Waals surface area contributed by atoms with E-state index in [1.54, 1.807) is 29.0 Å². The van der Waals surface area contributed by atoms with Crippen molar-refractivity contribution in [1.82, 2.24) is 29.9 Å². The zero-order valence-electron chi connectivity index (χ0n) is 18.5. The van der Waals surface area contributed by atoms with Gasteiger partial charge in [0.1, 0.15) is 5.69 Å². The van der Waals surface area contributed by atoms with Crippen molar-refractivity contribution in [3.05, 3.63) is 83.4 Å². The molecule has 3 aromatic rings. The predicted molar refractivity (Wildman–Crippen MR) is 121 cm³/mol. The molecule has 33 heavy (non-hydrogen) atoms. The number of carbonyl (C=O) groups is 3. The summed E-state index contributed by atoms with van der Waals surface area (Å²) >= 11 is 0. The van der Waals surface area contributed by atoms with E-state index < -0.39 is 5.91 Å². The van der Waals surface area contributed by atoms with E-state index in [1.807, 2.05) is 42.5 Å². The van der Waals surface area contributed by atoms with Crippen LogP contribution in [0.3, 0.4) is 0 Å². The number of fused-ring (bicyclic) bond motifs is 1. The second-order valence-corrected chi connectivity index (χ2v) is 8.00. The van der Waals surface area contributed by atoms with E-state index in [0.717, 1.165) is 17.5 Å². The number of likely N-dealkylation sites (N-methyl/N-ethyl adjacent to an activating group) is 1. The minimum absolute atomic E-state index is 0.111. The first-order chi connectivity index (χ1) is 16.0. The van der Waals surface area contributed by atoms with Gasteiger partial charge in [-0.15, -0.1) is 0 Å². The fourth-order valence-electron chi connectivity index (χ4n) is 3.73. The number of rotatable bonds is 7. The van der Waals surface area contributed by atoms with Crippen molar-refractivity contribution < 1.29 is 14.4 Å². The average Bonchev–Trinajstić information content (AvgIpc) is 3.20. The van der Waals surface area contributed by atoms with E-state index in [2.05, 4.69) is 15.4 Å². The van der Waals surface area contributed by atoms with Gasteiger partial charge >= 0.3 is 0 Å². The Morgan fingerprint density at radius 1 is 1.06 bits per heavy atom. The number of hydrogen-bond acceptors (Lipinski definition) is 5. The lowest BCUT2D eigenvalue weighted by molar-refractivity contribution is -0.121. The number of carbonyl (C=O) groups excluding carboxylic acids is 3. The number of amides is 3. The molecule has 0 radical (unpaired) electrons. The van der Waals surface area contributed by atoms with Crippen LogP contribution in [0.25, 0.3) is 0 Å². The van der Waals surface area contributed by atoms with Crippen molar-refractivity contribution in [2.75, 3.05) is 20.1 Å². The number of nitrogens with zero attached hydrogens (tertiary/aromatic N) is 5. The van der Waals surface area contributed by atoms with Crippen molar-refractivity contribution >= 4 is 17.7 Å². The molecule has 0 unspecified atom stereocenters.